The Morgan fingerprint density at radius 1 is 0.733 bits per heavy atom. The van der Waals surface area contributed by atoms with Crippen molar-refractivity contribution in [2.75, 3.05) is 34.3 Å². The number of halogens is 2. The Hall–Kier alpha value is -9.24. The van der Waals surface area contributed by atoms with Crippen LogP contribution in [0.15, 0.2) is 112 Å². The summed E-state index contributed by atoms with van der Waals surface area (Å²) >= 11 is 0. The number of amides is 2. The molecule has 21 heteroatoms. The Labute approximate surface area is 425 Å². The fourth-order valence-electron chi connectivity index (χ4n) is 7.92. The van der Waals surface area contributed by atoms with E-state index in [1.54, 1.807) is 31.2 Å². The van der Waals surface area contributed by atoms with E-state index >= 15 is 0 Å². The van der Waals surface area contributed by atoms with Gasteiger partial charge < -0.3 is 44.7 Å². The number of nitrogens with zero attached hydrogens (tertiary/aromatic N) is 5. The average Bonchev–Trinajstić information content (AvgIpc) is 3.39. The molecule has 0 aliphatic carbocycles. The van der Waals surface area contributed by atoms with Gasteiger partial charge in [-0.05, 0) is 75.8 Å². The summed E-state index contributed by atoms with van der Waals surface area (Å²) in [6, 6.07) is 20.7. The Morgan fingerprint density at radius 2 is 1.25 bits per heavy atom. The van der Waals surface area contributed by atoms with Crippen molar-refractivity contribution in [2.24, 2.45) is 0 Å². The molecule has 7 aromatic rings. The van der Waals surface area contributed by atoms with Crippen LogP contribution in [0.25, 0.3) is 34.5 Å². The summed E-state index contributed by atoms with van der Waals surface area (Å²) in [7, 11) is 5.11. The third-order valence-electron chi connectivity index (χ3n) is 12.4. The van der Waals surface area contributed by atoms with Gasteiger partial charge in [-0.3, -0.25) is 38.3 Å². The molecule has 0 saturated heterocycles. The summed E-state index contributed by atoms with van der Waals surface area (Å²) < 4.78 is 51.8. The summed E-state index contributed by atoms with van der Waals surface area (Å²) in [4.78, 5) is 88.1. The highest BCUT2D eigenvalue weighted by Crippen LogP contribution is 2.40. The van der Waals surface area contributed by atoms with Crippen LogP contribution in [0.5, 0.6) is 23.0 Å². The Balaban J connectivity index is 0.000000199. The average molecular weight is 1030 g/mol. The molecule has 6 heterocycles. The maximum Gasteiger partial charge on any atom is 0.373 e. The summed E-state index contributed by atoms with van der Waals surface area (Å²) in [5, 5.41) is 25.6. The number of ether oxygens (including phenoxy) is 4. The van der Waals surface area contributed by atoms with Crippen molar-refractivity contribution in [1.82, 2.24) is 34.6 Å². The van der Waals surface area contributed by atoms with Gasteiger partial charge in [-0.1, -0.05) is 54.6 Å². The van der Waals surface area contributed by atoms with Crippen LogP contribution < -0.4 is 36.0 Å². The molecule has 0 fully saturated rings. The van der Waals surface area contributed by atoms with Crippen molar-refractivity contribution in [3.8, 4) is 23.0 Å². The van der Waals surface area contributed by atoms with Crippen molar-refractivity contribution in [3.63, 3.8) is 0 Å². The lowest BCUT2D eigenvalue weighted by Crippen LogP contribution is -2.48. The summed E-state index contributed by atoms with van der Waals surface area (Å²) in [6.45, 7) is 5.82. The van der Waals surface area contributed by atoms with E-state index < -0.39 is 63.3 Å². The molecule has 0 spiro atoms. The molecule has 0 saturated carbocycles. The van der Waals surface area contributed by atoms with Crippen LogP contribution in [0, 0.1) is 11.6 Å². The van der Waals surface area contributed by atoms with Crippen molar-refractivity contribution < 1.29 is 57.1 Å². The summed E-state index contributed by atoms with van der Waals surface area (Å²) in [5.41, 5.74) is 0.504. The molecule has 386 valence electrons. The second-order valence-electron chi connectivity index (χ2n) is 18.0. The van der Waals surface area contributed by atoms with Gasteiger partial charge in [0.05, 0.1) is 19.0 Å². The summed E-state index contributed by atoms with van der Waals surface area (Å²) in [5.74, 6) is -5.71. The number of carbonyl (C=O) groups excluding carboxylic acids is 3. The third-order valence-corrected chi connectivity index (χ3v) is 12.4. The van der Waals surface area contributed by atoms with Gasteiger partial charge in [-0.25, -0.2) is 18.4 Å². The van der Waals surface area contributed by atoms with Crippen LogP contribution in [-0.2, 0) is 33.8 Å². The molecule has 4 aromatic heterocycles. The lowest BCUT2D eigenvalue weighted by molar-refractivity contribution is -0.135. The Bertz CT molecular complexity index is 3610. The number of aromatic nitrogens is 4. The van der Waals surface area contributed by atoms with Crippen LogP contribution in [0.1, 0.15) is 69.3 Å². The predicted octanol–water partition coefficient (Wildman–Crippen LogP) is 6.00. The highest BCUT2D eigenvalue weighted by atomic mass is 19.1. The number of carboxylic acids is 1. The number of rotatable bonds is 15. The van der Waals surface area contributed by atoms with Gasteiger partial charge in [-0.2, -0.15) is 0 Å². The molecule has 4 N–H and O–H groups in total. The zero-order chi connectivity index (χ0) is 53.9. The van der Waals surface area contributed by atoms with E-state index in [2.05, 4.69) is 20.6 Å². The third kappa shape index (κ3) is 10.7. The number of likely N-dealkylation sites (N-methyl/N-ethyl adjacent to an activating group) is 1. The van der Waals surface area contributed by atoms with E-state index in [1.807, 2.05) is 63.2 Å². The second kappa shape index (κ2) is 21.5. The minimum Gasteiger partial charge on any atom is -0.505 e. The lowest BCUT2D eigenvalue weighted by atomic mass is 10.0. The van der Waals surface area contributed by atoms with Gasteiger partial charge in [-0.15, -0.1) is 0 Å². The lowest BCUT2D eigenvalue weighted by Gasteiger charge is -2.32. The van der Waals surface area contributed by atoms with Crippen molar-refractivity contribution >= 4 is 58.2 Å². The first-order valence-corrected chi connectivity index (χ1v) is 23.2. The smallest absolute Gasteiger partial charge is 0.373 e. The summed E-state index contributed by atoms with van der Waals surface area (Å²) in [6.07, 6.45) is 5.51. The SMILES string of the molecule is CCOC(=O)c1c(OCc2ccccc2)c2ncc(Cc3ccc(F)cc3)c3c2n(c1=O)C=C(C(=O)O)O3.CNC(=O)c1c(O)c2ncc(Cc3ccc(F)cc3)c3c2n(c1=O)C=C(C(=O)NCC(C)(C)N(C)C)O3. The van der Waals surface area contributed by atoms with E-state index in [4.69, 9.17) is 18.9 Å². The second-order valence-corrected chi connectivity index (χ2v) is 18.0. The minimum atomic E-state index is -1.41. The number of pyridine rings is 4. The molecule has 2 amide bonds. The van der Waals surface area contributed by atoms with Crippen molar-refractivity contribution in [2.45, 2.75) is 45.8 Å². The molecule has 9 rings (SSSR count). The minimum absolute atomic E-state index is 0.00302. The van der Waals surface area contributed by atoms with E-state index in [-0.39, 0.29) is 89.0 Å². The number of esters is 1. The first-order valence-electron chi connectivity index (χ1n) is 23.2. The van der Waals surface area contributed by atoms with Crippen molar-refractivity contribution in [3.05, 3.63) is 174 Å². The Morgan fingerprint density at radius 3 is 1.79 bits per heavy atom. The molecule has 0 unspecified atom stereocenters. The maximum atomic E-state index is 13.6. The van der Waals surface area contributed by atoms with Gasteiger partial charge in [0.25, 0.3) is 22.9 Å². The quantitative estimate of drug-likeness (QED) is 0.0862. The van der Waals surface area contributed by atoms with Gasteiger partial charge in [0.15, 0.2) is 28.6 Å². The van der Waals surface area contributed by atoms with Crippen molar-refractivity contribution in [1.29, 1.82) is 0 Å². The van der Waals surface area contributed by atoms with Crippen LogP contribution in [0.2, 0.25) is 0 Å². The normalized spacial score (nSPS) is 12.4. The topological polar surface area (TPSA) is 243 Å². The number of aliphatic carboxylic acids is 1. The van der Waals surface area contributed by atoms with Gasteiger partial charge in [0, 0.05) is 55.5 Å². The van der Waals surface area contributed by atoms with Crippen LogP contribution >= 0.6 is 0 Å². The maximum absolute atomic E-state index is 13.6. The van der Waals surface area contributed by atoms with Crippen LogP contribution in [0.3, 0.4) is 0 Å². The zero-order valence-electron chi connectivity index (χ0n) is 41.3. The van der Waals surface area contributed by atoms with E-state index in [0.29, 0.717) is 16.7 Å². The van der Waals surface area contributed by atoms with Gasteiger partial charge in [0.2, 0.25) is 11.5 Å². The number of carbonyl (C=O) groups is 4. The molecular weight excluding hydrogens is 977 g/mol. The van der Waals surface area contributed by atoms with E-state index in [0.717, 1.165) is 26.5 Å². The fourth-order valence-corrected chi connectivity index (χ4v) is 7.92. The van der Waals surface area contributed by atoms with Crippen LogP contribution in [-0.4, -0.2) is 97.8 Å². The first kappa shape index (κ1) is 52.1. The molecule has 2 aliphatic heterocycles. The standard InChI is InChI=1S/C28H21FN2O7.C26H28FN5O5/c1-2-36-28(35)21-25(37-15-17-6-4-3-5-7-17)22-23-24(38-20(27(33)34)14-31(23)26(21)32)18(13-30-22)12-16-8-10-19(29)11-9-16;1-26(2,31(4)5)13-30-23(34)17-12-32-20-19(21(33)18(25(32)36)24(35)28-3)29-11-15(22(20)37-17)10-14-6-8-16(27)9-7-14/h3-11,13-14H,2,12,15H2,1H3,(H,33,34);6-9,11-12,33H,10,13H2,1-5H3,(H,28,35)(H,30,34). The van der Waals surface area contributed by atoms with E-state index in [9.17, 15) is 47.8 Å². The monoisotopic (exact) mass is 1030 g/mol. The zero-order valence-corrected chi connectivity index (χ0v) is 41.3. The molecule has 0 radical (unpaired) electrons. The number of hydrogen-bond donors (Lipinski definition) is 4. The number of nitrogens with one attached hydrogen (secondary N) is 2. The number of carboxylic acid groups (broad SMARTS) is 1. The van der Waals surface area contributed by atoms with E-state index in [1.165, 1.54) is 49.9 Å². The molecular formula is C54H49F2N7O12. The first-order chi connectivity index (χ1) is 35.8. The van der Waals surface area contributed by atoms with Gasteiger partial charge in [0.1, 0.15) is 45.9 Å². The molecule has 19 nitrogen and oxygen atoms in total. The van der Waals surface area contributed by atoms with Gasteiger partial charge >= 0.3 is 11.9 Å². The largest absolute Gasteiger partial charge is 0.505 e. The highest BCUT2D eigenvalue weighted by Gasteiger charge is 2.34. The number of benzene rings is 3. The molecule has 0 atom stereocenters. The van der Waals surface area contributed by atoms with Crippen LogP contribution in [0.4, 0.5) is 8.78 Å². The molecule has 75 heavy (non-hydrogen) atoms. The number of hydrogen-bond acceptors (Lipinski definition) is 14. The molecule has 2 aliphatic rings. The predicted molar refractivity (Wildman–Crippen MR) is 270 cm³/mol. The number of aromatic hydroxyl groups is 1. The Kier molecular flexibility index (Phi) is 14.9. The highest BCUT2D eigenvalue weighted by molar-refractivity contribution is 6.05. The fraction of sp³-hybridized carbons (Fsp3) is 0.222. The molecule has 3 aromatic carbocycles. The molecule has 0 bridgehead atoms.